The monoisotopic (exact) mass is 186 g/mol. The highest BCUT2D eigenvalue weighted by Gasteiger charge is 2.49. The number of para-hydroxylation sites is 1. The second-order valence-electron chi connectivity index (χ2n) is 4.03. The predicted molar refractivity (Wildman–Crippen MR) is 57.2 cm³/mol. The second-order valence-corrected chi connectivity index (χ2v) is 4.03. The van der Waals surface area contributed by atoms with Crippen LogP contribution >= 0.6 is 0 Å². The van der Waals surface area contributed by atoms with Crippen molar-refractivity contribution in [1.29, 1.82) is 0 Å². The van der Waals surface area contributed by atoms with E-state index < -0.39 is 0 Å². The van der Waals surface area contributed by atoms with Gasteiger partial charge in [0.25, 0.3) is 6.29 Å². The molecule has 3 rings (SSSR count). The predicted octanol–water partition coefficient (Wildman–Crippen LogP) is 2.37. The molecular formula is C12H12NO+. The molecule has 0 atom stereocenters. The van der Waals surface area contributed by atoms with Crippen molar-refractivity contribution in [2.75, 3.05) is 0 Å². The minimum absolute atomic E-state index is 0.0559. The van der Waals surface area contributed by atoms with Gasteiger partial charge in [0, 0.05) is 17.1 Å². The summed E-state index contributed by atoms with van der Waals surface area (Å²) in [5, 5.41) is 1.23. The van der Waals surface area contributed by atoms with E-state index >= 15 is 0 Å². The van der Waals surface area contributed by atoms with E-state index in [2.05, 4.69) is 17.1 Å². The van der Waals surface area contributed by atoms with E-state index in [4.69, 9.17) is 0 Å². The van der Waals surface area contributed by atoms with Crippen molar-refractivity contribution in [2.45, 2.75) is 18.3 Å². The number of aromatic amines is 1. The van der Waals surface area contributed by atoms with Crippen molar-refractivity contribution >= 4 is 17.2 Å². The second kappa shape index (κ2) is 2.47. The summed E-state index contributed by atoms with van der Waals surface area (Å²) in [5.41, 5.74) is 2.32. The van der Waals surface area contributed by atoms with Gasteiger partial charge in [-0.25, -0.2) is 0 Å². The van der Waals surface area contributed by atoms with Gasteiger partial charge >= 0.3 is 0 Å². The Balaban J connectivity index is 2.27. The molecule has 2 heteroatoms. The van der Waals surface area contributed by atoms with Crippen molar-refractivity contribution in [3.63, 3.8) is 0 Å². The number of hydrogen-bond donors (Lipinski definition) is 1. The van der Waals surface area contributed by atoms with Crippen LogP contribution in [0, 0.1) is 0 Å². The maximum Gasteiger partial charge on any atom is 0.292 e. The number of hydrogen-bond acceptors (Lipinski definition) is 0. The van der Waals surface area contributed by atoms with Crippen molar-refractivity contribution in [3.05, 3.63) is 36.0 Å². The van der Waals surface area contributed by atoms with Gasteiger partial charge in [-0.05, 0) is 24.5 Å². The van der Waals surface area contributed by atoms with Gasteiger partial charge < -0.3 is 4.98 Å². The van der Waals surface area contributed by atoms with Gasteiger partial charge in [-0.15, -0.1) is 0 Å². The molecule has 14 heavy (non-hydrogen) atoms. The zero-order valence-electron chi connectivity index (χ0n) is 7.83. The van der Waals surface area contributed by atoms with E-state index in [-0.39, 0.29) is 5.41 Å². The minimum atomic E-state index is -0.0559. The zero-order chi connectivity index (χ0) is 9.60. The Kier molecular flexibility index (Phi) is 1.38. The Labute approximate surface area is 81.9 Å². The molecule has 0 amide bonds. The van der Waals surface area contributed by atoms with Crippen molar-refractivity contribution in [2.24, 2.45) is 0 Å². The largest absolute Gasteiger partial charge is 0.361 e. The van der Waals surface area contributed by atoms with E-state index in [0.29, 0.717) is 0 Å². The average molecular weight is 186 g/mol. The Morgan fingerprint density at radius 1 is 1.29 bits per heavy atom. The highest BCUT2D eigenvalue weighted by atomic mass is 16.1. The summed E-state index contributed by atoms with van der Waals surface area (Å²) in [6, 6.07) is 8.22. The summed E-state index contributed by atoms with van der Waals surface area (Å²) in [4.78, 5) is 12.5. The number of nitrogens with one attached hydrogen (secondary N) is 1. The number of rotatable bonds is 2. The molecule has 0 saturated heterocycles. The van der Waals surface area contributed by atoms with Crippen LogP contribution in [0.1, 0.15) is 18.4 Å². The van der Waals surface area contributed by atoms with E-state index in [0.717, 1.165) is 18.4 Å². The van der Waals surface area contributed by atoms with Gasteiger partial charge in [0.2, 0.25) is 0 Å². The molecule has 1 aromatic heterocycles. The molecule has 1 fully saturated rings. The topological polar surface area (TPSA) is 37.2 Å². The standard InChI is InChI=1S/C12H11NO/c14-8-12(5-6-12)10-7-13-11-4-2-1-3-9(10)11/h1-4,7-8,13H,5-6H2/p+1. The number of aldehydes is 1. The maximum atomic E-state index is 9.25. The van der Waals surface area contributed by atoms with Gasteiger partial charge in [-0.3, -0.25) is 4.79 Å². The van der Waals surface area contributed by atoms with Crippen LogP contribution in [-0.4, -0.2) is 16.1 Å². The first-order chi connectivity index (χ1) is 6.86. The van der Waals surface area contributed by atoms with E-state index in [9.17, 15) is 4.79 Å². The molecule has 1 aromatic carbocycles. The molecule has 0 spiro atoms. The van der Waals surface area contributed by atoms with Gasteiger partial charge in [0.05, 0.1) is 0 Å². The number of carbonyl (C=O) groups excluding carboxylic acids is 1. The van der Waals surface area contributed by atoms with Crippen LogP contribution in [0.25, 0.3) is 10.9 Å². The molecule has 0 radical (unpaired) electrons. The first-order valence-electron chi connectivity index (χ1n) is 4.91. The van der Waals surface area contributed by atoms with Gasteiger partial charge in [0.1, 0.15) is 5.41 Å². The molecule has 0 aliphatic heterocycles. The number of fused-ring (bicyclic) bond motifs is 1. The zero-order valence-corrected chi connectivity index (χ0v) is 7.83. The summed E-state index contributed by atoms with van der Waals surface area (Å²) in [7, 11) is 0. The third-order valence-corrected chi connectivity index (χ3v) is 3.16. The summed E-state index contributed by atoms with van der Waals surface area (Å²) in [5.74, 6) is 0. The first kappa shape index (κ1) is 7.80. The van der Waals surface area contributed by atoms with Crippen LogP contribution in [0.4, 0.5) is 0 Å². The summed E-state index contributed by atoms with van der Waals surface area (Å²) in [6.45, 7) is 0. The van der Waals surface area contributed by atoms with E-state index in [1.165, 1.54) is 17.2 Å². The van der Waals surface area contributed by atoms with Crippen LogP contribution in [0.5, 0.6) is 0 Å². The van der Waals surface area contributed by atoms with E-state index in [1.807, 2.05) is 18.3 Å². The maximum absolute atomic E-state index is 9.25. The highest BCUT2D eigenvalue weighted by molar-refractivity contribution is 5.90. The Bertz CT molecular complexity index is 494. The Hall–Kier alpha value is -1.57. The molecule has 2 aromatic rings. The van der Waals surface area contributed by atoms with Crippen LogP contribution in [0.15, 0.2) is 30.5 Å². The van der Waals surface area contributed by atoms with Gasteiger partial charge in [0.15, 0.2) is 0 Å². The smallest absolute Gasteiger partial charge is 0.292 e. The molecule has 1 aliphatic carbocycles. The lowest BCUT2D eigenvalue weighted by Crippen LogP contribution is -2.06. The number of H-pyrrole nitrogens is 1. The lowest BCUT2D eigenvalue weighted by Gasteiger charge is -2.00. The Morgan fingerprint density at radius 2 is 2.07 bits per heavy atom. The van der Waals surface area contributed by atoms with Crippen LogP contribution in [0.3, 0.4) is 0 Å². The summed E-state index contributed by atoms with van der Waals surface area (Å²) in [6.07, 6.45) is 5.49. The van der Waals surface area contributed by atoms with Crippen molar-refractivity contribution in [3.8, 4) is 0 Å². The fourth-order valence-electron chi connectivity index (χ4n) is 2.09. The van der Waals surface area contributed by atoms with Crippen molar-refractivity contribution in [1.82, 2.24) is 4.98 Å². The van der Waals surface area contributed by atoms with Crippen LogP contribution < -0.4 is 0 Å². The lowest BCUT2D eigenvalue weighted by molar-refractivity contribution is 0.661. The SMILES string of the molecule is [OH+]=CC1(c2c[nH]c3ccccc23)CC1. The number of aromatic nitrogens is 1. The molecule has 2 N–H and O–H groups in total. The third-order valence-electron chi connectivity index (χ3n) is 3.16. The fraction of sp³-hybridized carbons (Fsp3) is 0.250. The normalized spacial score (nSPS) is 18.3. The highest BCUT2D eigenvalue weighted by Crippen LogP contribution is 2.48. The molecule has 2 nitrogen and oxygen atoms in total. The first-order valence-corrected chi connectivity index (χ1v) is 4.91. The molecule has 0 unspecified atom stereocenters. The molecule has 1 saturated carbocycles. The van der Waals surface area contributed by atoms with Crippen molar-refractivity contribution < 1.29 is 4.79 Å². The fourth-order valence-corrected chi connectivity index (χ4v) is 2.09. The molecular weight excluding hydrogens is 174 g/mol. The van der Waals surface area contributed by atoms with Crippen LogP contribution in [-0.2, 0) is 5.41 Å². The molecule has 1 aliphatic rings. The summed E-state index contributed by atoms with van der Waals surface area (Å²) >= 11 is 0. The van der Waals surface area contributed by atoms with Gasteiger partial charge in [-0.2, -0.15) is 0 Å². The molecule has 1 heterocycles. The van der Waals surface area contributed by atoms with Gasteiger partial charge in [-0.1, -0.05) is 18.2 Å². The Morgan fingerprint density at radius 3 is 2.79 bits per heavy atom. The average Bonchev–Trinajstić information content (AvgIpc) is 2.91. The molecule has 0 bridgehead atoms. The third kappa shape index (κ3) is 0.882. The summed E-state index contributed by atoms with van der Waals surface area (Å²) < 4.78 is 0. The molecule has 70 valence electrons. The van der Waals surface area contributed by atoms with E-state index in [1.54, 1.807) is 0 Å². The lowest BCUT2D eigenvalue weighted by atomic mass is 9.97. The van der Waals surface area contributed by atoms with Crippen LogP contribution in [0.2, 0.25) is 0 Å². The number of benzene rings is 1. The quantitative estimate of drug-likeness (QED) is 0.552. The minimum Gasteiger partial charge on any atom is -0.361 e.